The van der Waals surface area contributed by atoms with Gasteiger partial charge in [0.2, 0.25) is 5.91 Å². The van der Waals surface area contributed by atoms with Crippen LogP contribution in [-0.4, -0.2) is 45.8 Å². The van der Waals surface area contributed by atoms with Crippen molar-refractivity contribution in [2.45, 2.75) is 6.54 Å². The lowest BCUT2D eigenvalue weighted by molar-refractivity contribution is -0.130. The summed E-state index contributed by atoms with van der Waals surface area (Å²) in [4.78, 5) is 41.3. The van der Waals surface area contributed by atoms with Gasteiger partial charge in [-0.2, -0.15) is 0 Å². The molecule has 0 spiro atoms. The van der Waals surface area contributed by atoms with Crippen LogP contribution in [0, 0.1) is 0 Å². The smallest absolute Gasteiger partial charge is 0.325 e. The quantitative estimate of drug-likeness (QED) is 0.558. The molecule has 0 radical (unpaired) electrons. The average Bonchev–Trinajstić information content (AvgIpc) is 2.91. The Balaban J connectivity index is 1.81. The van der Waals surface area contributed by atoms with Crippen LogP contribution in [0.1, 0.15) is 5.69 Å². The molecule has 1 aromatic rings. The van der Waals surface area contributed by atoms with Crippen LogP contribution < -0.4 is 10.6 Å². The van der Waals surface area contributed by atoms with E-state index in [2.05, 4.69) is 20.6 Å². The Kier molecular flexibility index (Phi) is 3.03. The Bertz CT molecular complexity index is 425. The molecule has 1 fully saturated rings. The fourth-order valence-corrected chi connectivity index (χ4v) is 1.39. The first-order valence-corrected chi connectivity index (χ1v) is 4.99. The summed E-state index contributed by atoms with van der Waals surface area (Å²) in [5.41, 5.74) is 0.746. The first kappa shape index (κ1) is 11.1. The van der Waals surface area contributed by atoms with Crippen molar-refractivity contribution in [1.82, 2.24) is 25.5 Å². The highest BCUT2D eigenvalue weighted by molar-refractivity contribution is 6.04. The second-order valence-corrected chi connectivity index (χ2v) is 3.49. The van der Waals surface area contributed by atoms with E-state index >= 15 is 0 Å². The number of rotatable bonds is 4. The van der Waals surface area contributed by atoms with Gasteiger partial charge < -0.3 is 15.6 Å². The predicted molar refractivity (Wildman–Crippen MR) is 55.5 cm³/mol. The van der Waals surface area contributed by atoms with E-state index in [1.54, 1.807) is 6.20 Å². The second-order valence-electron chi connectivity index (χ2n) is 3.49. The van der Waals surface area contributed by atoms with E-state index < -0.39 is 17.8 Å². The molecule has 2 rings (SSSR count). The van der Waals surface area contributed by atoms with Crippen molar-refractivity contribution in [3.05, 3.63) is 18.2 Å². The molecule has 8 heteroatoms. The van der Waals surface area contributed by atoms with Gasteiger partial charge in [-0.15, -0.1) is 0 Å². The van der Waals surface area contributed by atoms with Crippen molar-refractivity contribution in [1.29, 1.82) is 0 Å². The predicted octanol–water partition coefficient (Wildman–Crippen LogP) is -1.42. The van der Waals surface area contributed by atoms with Crippen molar-refractivity contribution in [2.75, 3.05) is 13.1 Å². The van der Waals surface area contributed by atoms with Crippen molar-refractivity contribution in [3.8, 4) is 0 Å². The monoisotopic (exact) mass is 237 g/mol. The second kappa shape index (κ2) is 4.64. The average molecular weight is 237 g/mol. The van der Waals surface area contributed by atoms with Gasteiger partial charge in [-0.3, -0.25) is 14.5 Å². The maximum Gasteiger partial charge on any atom is 0.325 e. The van der Waals surface area contributed by atoms with Crippen molar-refractivity contribution in [3.63, 3.8) is 0 Å². The van der Waals surface area contributed by atoms with Gasteiger partial charge in [0, 0.05) is 6.20 Å². The summed E-state index contributed by atoms with van der Waals surface area (Å²) in [7, 11) is 0. The third-order valence-corrected chi connectivity index (χ3v) is 2.27. The Labute approximate surface area is 96.4 Å². The van der Waals surface area contributed by atoms with Crippen LogP contribution in [0.3, 0.4) is 0 Å². The maximum absolute atomic E-state index is 11.5. The molecular formula is C9H11N5O3. The van der Waals surface area contributed by atoms with Gasteiger partial charge in [0.05, 0.1) is 25.1 Å². The van der Waals surface area contributed by atoms with Crippen molar-refractivity contribution >= 4 is 17.8 Å². The van der Waals surface area contributed by atoms with Gasteiger partial charge in [0.25, 0.3) is 5.91 Å². The maximum atomic E-state index is 11.5. The third kappa shape index (κ3) is 2.60. The molecule has 1 aliphatic heterocycles. The number of H-pyrrole nitrogens is 1. The number of carbonyl (C=O) groups excluding carboxylic acids is 3. The molecule has 2 heterocycles. The summed E-state index contributed by atoms with van der Waals surface area (Å²) >= 11 is 0. The number of amides is 4. The van der Waals surface area contributed by atoms with Crippen LogP contribution in [0.15, 0.2) is 12.5 Å². The normalized spacial score (nSPS) is 14.9. The van der Waals surface area contributed by atoms with Crippen molar-refractivity contribution in [2.24, 2.45) is 0 Å². The van der Waals surface area contributed by atoms with Gasteiger partial charge >= 0.3 is 6.03 Å². The highest BCUT2D eigenvalue weighted by Crippen LogP contribution is 1.98. The zero-order valence-electron chi connectivity index (χ0n) is 8.90. The molecule has 1 aliphatic rings. The van der Waals surface area contributed by atoms with E-state index in [1.165, 1.54) is 6.33 Å². The molecule has 0 aliphatic carbocycles. The molecule has 0 saturated carbocycles. The minimum Gasteiger partial charge on any atom is -0.349 e. The highest BCUT2D eigenvalue weighted by Gasteiger charge is 2.29. The van der Waals surface area contributed by atoms with Gasteiger partial charge in [-0.05, 0) is 0 Å². The Morgan fingerprint density at radius 1 is 1.53 bits per heavy atom. The summed E-state index contributed by atoms with van der Waals surface area (Å²) in [6, 6.07) is -0.535. The summed E-state index contributed by atoms with van der Waals surface area (Å²) in [5.74, 6) is -0.795. The van der Waals surface area contributed by atoms with E-state index in [1.807, 2.05) is 0 Å². The Morgan fingerprint density at radius 2 is 2.35 bits per heavy atom. The number of imide groups is 1. The number of urea groups is 1. The zero-order valence-corrected chi connectivity index (χ0v) is 8.90. The fraction of sp³-hybridized carbons (Fsp3) is 0.333. The lowest BCUT2D eigenvalue weighted by Crippen LogP contribution is -2.40. The number of hydrogen-bond donors (Lipinski definition) is 3. The third-order valence-electron chi connectivity index (χ3n) is 2.27. The van der Waals surface area contributed by atoms with Gasteiger partial charge in [0.15, 0.2) is 0 Å². The molecule has 3 N–H and O–H groups in total. The number of nitrogens with zero attached hydrogens (tertiary/aromatic N) is 2. The first-order chi connectivity index (χ1) is 8.16. The molecule has 17 heavy (non-hydrogen) atoms. The van der Waals surface area contributed by atoms with Gasteiger partial charge in [-0.1, -0.05) is 0 Å². The molecule has 8 nitrogen and oxygen atoms in total. The van der Waals surface area contributed by atoms with Crippen molar-refractivity contribution < 1.29 is 14.4 Å². The van der Waals surface area contributed by atoms with Crippen LogP contribution in [0.2, 0.25) is 0 Å². The first-order valence-electron chi connectivity index (χ1n) is 4.99. The summed E-state index contributed by atoms with van der Waals surface area (Å²) in [5, 5.41) is 4.90. The Hall–Kier alpha value is -2.38. The number of aromatic amines is 1. The molecule has 4 amide bonds. The standard InChI is InChI=1S/C9H11N5O3/c15-7(11-2-6-1-10-5-13-6)4-14-8(16)3-12-9(14)17/h1,5H,2-4H2,(H,10,13)(H,11,15)(H,12,17). The summed E-state index contributed by atoms with van der Waals surface area (Å²) in [6.45, 7) is -0.0338. The molecule has 0 atom stereocenters. The lowest BCUT2D eigenvalue weighted by Gasteiger charge is -2.11. The minimum atomic E-state index is -0.535. The Morgan fingerprint density at radius 3 is 2.94 bits per heavy atom. The summed E-state index contributed by atoms with van der Waals surface area (Å²) in [6.07, 6.45) is 3.08. The molecule has 0 aromatic carbocycles. The number of hydrogen-bond acceptors (Lipinski definition) is 4. The van der Waals surface area contributed by atoms with Crippen LogP contribution >= 0.6 is 0 Å². The minimum absolute atomic E-state index is 0.0489. The molecular weight excluding hydrogens is 226 g/mol. The van der Waals surface area contributed by atoms with Gasteiger partial charge in [0.1, 0.15) is 6.54 Å². The van der Waals surface area contributed by atoms with Gasteiger partial charge in [-0.25, -0.2) is 9.78 Å². The van der Waals surface area contributed by atoms with E-state index in [4.69, 9.17) is 0 Å². The number of nitrogens with one attached hydrogen (secondary N) is 3. The topological polar surface area (TPSA) is 107 Å². The van der Waals surface area contributed by atoms with Crippen LogP contribution in [-0.2, 0) is 16.1 Å². The fourth-order valence-electron chi connectivity index (χ4n) is 1.39. The van der Waals surface area contributed by atoms with Crippen LogP contribution in [0.25, 0.3) is 0 Å². The highest BCUT2D eigenvalue weighted by atomic mass is 16.2. The number of carbonyl (C=O) groups is 3. The zero-order chi connectivity index (χ0) is 12.3. The molecule has 1 saturated heterocycles. The van der Waals surface area contributed by atoms with Crippen LogP contribution in [0.5, 0.6) is 0 Å². The van der Waals surface area contributed by atoms with E-state index in [9.17, 15) is 14.4 Å². The molecule has 1 aromatic heterocycles. The summed E-state index contributed by atoms with van der Waals surface area (Å²) < 4.78 is 0. The SMILES string of the molecule is O=C(CN1C(=O)CNC1=O)NCc1cnc[nH]1. The van der Waals surface area contributed by atoms with Crippen LogP contribution in [0.4, 0.5) is 4.79 Å². The molecule has 90 valence electrons. The van der Waals surface area contributed by atoms with E-state index in [-0.39, 0.29) is 19.6 Å². The number of aromatic nitrogens is 2. The lowest BCUT2D eigenvalue weighted by atomic mass is 10.4. The van der Waals surface area contributed by atoms with E-state index in [0.717, 1.165) is 10.6 Å². The largest absolute Gasteiger partial charge is 0.349 e. The molecule has 0 bridgehead atoms. The molecule has 0 unspecified atom stereocenters. The van der Waals surface area contributed by atoms with E-state index in [0.29, 0.717) is 0 Å². The number of imidazole rings is 1.